The van der Waals surface area contributed by atoms with E-state index in [9.17, 15) is 13.2 Å². The predicted molar refractivity (Wildman–Crippen MR) is 119 cm³/mol. The highest BCUT2D eigenvalue weighted by atomic mass is 35.5. The second-order valence-corrected chi connectivity index (χ2v) is 9.62. The van der Waals surface area contributed by atoms with Crippen molar-refractivity contribution in [1.29, 1.82) is 0 Å². The molecule has 4 aromatic rings. The Labute approximate surface area is 182 Å². The van der Waals surface area contributed by atoms with E-state index in [1.807, 2.05) is 36.4 Å². The van der Waals surface area contributed by atoms with Crippen molar-refractivity contribution in [3.05, 3.63) is 77.4 Å². The van der Waals surface area contributed by atoms with Crippen LogP contribution in [0.1, 0.15) is 17.4 Å². The quantitative estimate of drug-likeness (QED) is 0.436. The number of carbonyl (C=O) groups is 1. The van der Waals surface area contributed by atoms with Gasteiger partial charge in [-0.1, -0.05) is 35.9 Å². The van der Waals surface area contributed by atoms with E-state index in [0.717, 1.165) is 15.3 Å². The van der Waals surface area contributed by atoms with Gasteiger partial charge in [-0.2, -0.15) is 5.10 Å². The number of ketones is 1. The van der Waals surface area contributed by atoms with Gasteiger partial charge in [0.05, 0.1) is 26.2 Å². The summed E-state index contributed by atoms with van der Waals surface area (Å²) in [5, 5.41) is 10.2. The van der Waals surface area contributed by atoms with Gasteiger partial charge in [-0.3, -0.25) is 4.79 Å². The van der Waals surface area contributed by atoms with Gasteiger partial charge < -0.3 is 0 Å². The van der Waals surface area contributed by atoms with Gasteiger partial charge in [0.15, 0.2) is 5.78 Å². The number of para-hydroxylation sites is 1. The van der Waals surface area contributed by atoms with E-state index in [4.69, 9.17) is 16.7 Å². The van der Waals surface area contributed by atoms with Crippen LogP contribution in [0.15, 0.2) is 71.6 Å². The summed E-state index contributed by atoms with van der Waals surface area (Å²) in [6.07, 6.45) is 0. The molecule has 2 aromatic carbocycles. The summed E-state index contributed by atoms with van der Waals surface area (Å²) in [5.74, 6) is -0.153. The molecular formula is C21H16ClN3O3S2. The lowest BCUT2D eigenvalue weighted by molar-refractivity contribution is 0.101. The van der Waals surface area contributed by atoms with E-state index in [0.29, 0.717) is 22.1 Å². The molecule has 0 aliphatic rings. The topological polar surface area (TPSA) is 95.0 Å². The molecule has 0 aliphatic carbocycles. The summed E-state index contributed by atoms with van der Waals surface area (Å²) < 4.78 is 25.0. The van der Waals surface area contributed by atoms with Crippen LogP contribution >= 0.6 is 22.9 Å². The Hall–Kier alpha value is -2.78. The Kier molecular flexibility index (Phi) is 5.33. The molecule has 0 radical (unpaired) electrons. The number of primary sulfonamides is 1. The molecule has 30 heavy (non-hydrogen) atoms. The van der Waals surface area contributed by atoms with Gasteiger partial charge in [0.2, 0.25) is 10.0 Å². The van der Waals surface area contributed by atoms with Crippen LogP contribution in [0.2, 0.25) is 5.02 Å². The van der Waals surface area contributed by atoms with Crippen molar-refractivity contribution in [2.45, 2.75) is 11.8 Å². The monoisotopic (exact) mass is 457 g/mol. The molecule has 0 spiro atoms. The van der Waals surface area contributed by atoms with Gasteiger partial charge in [0, 0.05) is 11.8 Å². The number of sulfonamides is 1. The Morgan fingerprint density at radius 3 is 2.47 bits per heavy atom. The normalized spacial score (nSPS) is 11.6. The van der Waals surface area contributed by atoms with Crippen LogP contribution in [0.4, 0.5) is 0 Å². The number of halogens is 1. The van der Waals surface area contributed by atoms with Crippen LogP contribution in [0, 0.1) is 0 Å². The maximum absolute atomic E-state index is 11.9. The fourth-order valence-corrected chi connectivity index (χ4v) is 4.77. The molecule has 9 heteroatoms. The molecule has 0 saturated heterocycles. The number of hydrogen-bond acceptors (Lipinski definition) is 5. The number of thiophene rings is 1. The van der Waals surface area contributed by atoms with Crippen LogP contribution in [0.5, 0.6) is 0 Å². The largest absolute Gasteiger partial charge is 0.293 e. The molecule has 0 unspecified atom stereocenters. The Balaban J connectivity index is 1.83. The molecule has 0 fully saturated rings. The zero-order valence-corrected chi connectivity index (χ0v) is 18.1. The first-order chi connectivity index (χ1) is 14.2. The van der Waals surface area contributed by atoms with Gasteiger partial charge >= 0.3 is 0 Å². The Morgan fingerprint density at radius 2 is 1.77 bits per heavy atom. The molecule has 2 heterocycles. The molecule has 0 atom stereocenters. The molecule has 2 N–H and O–H groups in total. The van der Waals surface area contributed by atoms with Crippen LogP contribution in [0.25, 0.3) is 26.7 Å². The predicted octanol–water partition coefficient (Wildman–Crippen LogP) is 4.77. The highest BCUT2D eigenvalue weighted by Crippen LogP contribution is 2.37. The lowest BCUT2D eigenvalue weighted by Gasteiger charge is -2.07. The van der Waals surface area contributed by atoms with Gasteiger partial charge in [-0.25, -0.2) is 18.2 Å². The third kappa shape index (κ3) is 3.95. The smallest absolute Gasteiger partial charge is 0.238 e. The highest BCUT2D eigenvalue weighted by molar-refractivity contribution is 7.89. The third-order valence-electron chi connectivity index (χ3n) is 4.46. The van der Waals surface area contributed by atoms with Crippen LogP contribution in [-0.2, 0) is 10.0 Å². The van der Waals surface area contributed by atoms with Crippen molar-refractivity contribution in [1.82, 2.24) is 9.78 Å². The van der Waals surface area contributed by atoms with Crippen molar-refractivity contribution < 1.29 is 13.2 Å². The zero-order valence-electron chi connectivity index (χ0n) is 15.7. The number of hydrogen-bond donors (Lipinski definition) is 1. The van der Waals surface area contributed by atoms with Crippen LogP contribution < -0.4 is 5.14 Å². The standard InChI is InChI=1S/C21H16ClN3O3S2/c1-13(26)17-12-19(25(24-17)18-8-3-2-7-16(18)22)21-10-9-20(29-21)14-5-4-6-15(11-14)30(23,27)28/h2-12H,1H3,(H2,23,27,28). The number of nitrogens with two attached hydrogens (primary N) is 1. The number of benzene rings is 2. The van der Waals surface area contributed by atoms with Crippen molar-refractivity contribution in [3.8, 4) is 26.7 Å². The third-order valence-corrected chi connectivity index (χ3v) is 6.84. The van der Waals surface area contributed by atoms with E-state index in [1.54, 1.807) is 22.9 Å². The SMILES string of the molecule is CC(=O)c1cc(-c2ccc(-c3cccc(S(N)(=O)=O)c3)s2)n(-c2ccccc2Cl)n1. The summed E-state index contributed by atoms with van der Waals surface area (Å²) in [6, 6.07) is 19.2. The number of carbonyl (C=O) groups excluding carboxylic acids is 1. The maximum atomic E-state index is 11.9. The van der Waals surface area contributed by atoms with Crippen LogP contribution in [0.3, 0.4) is 0 Å². The van der Waals surface area contributed by atoms with E-state index in [-0.39, 0.29) is 10.7 Å². The number of aromatic nitrogens is 2. The van der Waals surface area contributed by atoms with E-state index in [1.165, 1.54) is 30.4 Å². The lowest BCUT2D eigenvalue weighted by Crippen LogP contribution is -2.11. The van der Waals surface area contributed by atoms with E-state index < -0.39 is 10.0 Å². The first-order valence-corrected chi connectivity index (χ1v) is 11.6. The fourth-order valence-electron chi connectivity index (χ4n) is 2.99. The molecule has 0 saturated carbocycles. The van der Waals surface area contributed by atoms with Crippen molar-refractivity contribution in [2.75, 3.05) is 0 Å². The lowest BCUT2D eigenvalue weighted by atomic mass is 10.2. The maximum Gasteiger partial charge on any atom is 0.238 e. The van der Waals surface area contributed by atoms with Crippen molar-refractivity contribution in [3.63, 3.8) is 0 Å². The summed E-state index contributed by atoms with van der Waals surface area (Å²) in [4.78, 5) is 13.7. The van der Waals surface area contributed by atoms with E-state index in [2.05, 4.69) is 5.10 Å². The molecule has 2 aromatic heterocycles. The van der Waals surface area contributed by atoms with Crippen LogP contribution in [-0.4, -0.2) is 24.0 Å². The molecular weight excluding hydrogens is 442 g/mol. The molecule has 0 amide bonds. The summed E-state index contributed by atoms with van der Waals surface area (Å²) in [7, 11) is -3.79. The number of rotatable bonds is 5. The molecule has 0 aliphatic heterocycles. The minimum absolute atomic E-state index is 0.0509. The second-order valence-electron chi connectivity index (χ2n) is 6.57. The minimum atomic E-state index is -3.79. The molecule has 152 valence electrons. The summed E-state index contributed by atoms with van der Waals surface area (Å²) >= 11 is 7.80. The Morgan fingerprint density at radius 1 is 1.03 bits per heavy atom. The second kappa shape index (κ2) is 7.81. The van der Waals surface area contributed by atoms with Crippen molar-refractivity contribution >= 4 is 38.7 Å². The summed E-state index contributed by atoms with van der Waals surface area (Å²) in [5.41, 5.74) is 2.43. The van der Waals surface area contributed by atoms with E-state index >= 15 is 0 Å². The first-order valence-electron chi connectivity index (χ1n) is 8.83. The highest BCUT2D eigenvalue weighted by Gasteiger charge is 2.18. The van der Waals surface area contributed by atoms with Gasteiger partial charge in [0.1, 0.15) is 5.69 Å². The average Bonchev–Trinajstić information content (AvgIpc) is 3.35. The molecule has 0 bridgehead atoms. The van der Waals surface area contributed by atoms with Gasteiger partial charge in [-0.15, -0.1) is 11.3 Å². The molecule has 4 rings (SSSR count). The first kappa shape index (κ1) is 20.5. The zero-order chi connectivity index (χ0) is 21.5. The number of Topliss-reactive ketones (excluding diaryl/α,β-unsaturated/α-hetero) is 1. The van der Waals surface area contributed by atoms with Gasteiger partial charge in [0.25, 0.3) is 0 Å². The number of nitrogens with zero attached hydrogens (tertiary/aromatic N) is 2. The minimum Gasteiger partial charge on any atom is -0.293 e. The van der Waals surface area contributed by atoms with Gasteiger partial charge in [-0.05, 0) is 48.0 Å². The average molecular weight is 458 g/mol. The Bertz CT molecular complexity index is 1370. The molecule has 6 nitrogen and oxygen atoms in total. The van der Waals surface area contributed by atoms with Crippen molar-refractivity contribution in [2.24, 2.45) is 5.14 Å². The fraction of sp³-hybridized carbons (Fsp3) is 0.0476. The summed E-state index contributed by atoms with van der Waals surface area (Å²) in [6.45, 7) is 1.46.